The summed E-state index contributed by atoms with van der Waals surface area (Å²) in [6.07, 6.45) is 4.41. The van der Waals surface area contributed by atoms with Gasteiger partial charge in [0.1, 0.15) is 5.69 Å². The van der Waals surface area contributed by atoms with Gasteiger partial charge in [-0.2, -0.15) is 0 Å². The van der Waals surface area contributed by atoms with Crippen molar-refractivity contribution in [2.24, 2.45) is 0 Å². The highest BCUT2D eigenvalue weighted by molar-refractivity contribution is 5.73. The van der Waals surface area contributed by atoms with Gasteiger partial charge in [-0.05, 0) is 18.5 Å². The van der Waals surface area contributed by atoms with Crippen LogP contribution in [0.3, 0.4) is 0 Å². The van der Waals surface area contributed by atoms with Crippen LogP contribution in [0.5, 0.6) is 0 Å². The Kier molecular flexibility index (Phi) is 6.12. The van der Waals surface area contributed by atoms with Gasteiger partial charge >= 0.3 is 0 Å². The van der Waals surface area contributed by atoms with Gasteiger partial charge in [-0.15, -0.1) is 0 Å². The number of aromatic nitrogens is 2. The molecule has 3 rings (SSSR count). The zero-order chi connectivity index (χ0) is 16.6. The first-order valence-electron chi connectivity index (χ1n) is 8.42. The van der Waals surface area contributed by atoms with Crippen LogP contribution < -0.4 is 5.32 Å². The molecule has 6 nitrogen and oxygen atoms in total. The normalized spacial score (nSPS) is 15.4. The van der Waals surface area contributed by atoms with Gasteiger partial charge in [-0.3, -0.25) is 9.88 Å². The average molecular weight is 328 g/mol. The summed E-state index contributed by atoms with van der Waals surface area (Å²) >= 11 is 0. The Morgan fingerprint density at radius 3 is 2.75 bits per heavy atom. The zero-order valence-corrected chi connectivity index (χ0v) is 13.8. The van der Waals surface area contributed by atoms with E-state index in [9.17, 15) is 5.11 Å². The van der Waals surface area contributed by atoms with E-state index in [0.717, 1.165) is 68.5 Å². The number of rotatable bonds is 7. The lowest BCUT2D eigenvalue weighted by molar-refractivity contribution is 0.0378. The summed E-state index contributed by atoms with van der Waals surface area (Å²) in [5.41, 5.74) is 2.56. The van der Waals surface area contributed by atoms with Gasteiger partial charge in [-0.25, -0.2) is 4.98 Å². The van der Waals surface area contributed by atoms with Crippen LogP contribution in [0.25, 0.3) is 11.3 Å². The number of morpholine rings is 1. The van der Waals surface area contributed by atoms with Crippen molar-refractivity contribution in [2.45, 2.75) is 13.0 Å². The van der Waals surface area contributed by atoms with E-state index in [1.54, 1.807) is 12.4 Å². The molecule has 0 saturated carbocycles. The maximum atomic E-state index is 9.54. The van der Waals surface area contributed by atoms with E-state index < -0.39 is 0 Å². The highest BCUT2D eigenvalue weighted by Crippen LogP contribution is 2.26. The fourth-order valence-electron chi connectivity index (χ4n) is 2.89. The summed E-state index contributed by atoms with van der Waals surface area (Å²) < 4.78 is 5.37. The molecule has 2 heterocycles. The summed E-state index contributed by atoms with van der Waals surface area (Å²) in [6.45, 7) is 5.58. The fourth-order valence-corrected chi connectivity index (χ4v) is 2.89. The molecule has 24 heavy (non-hydrogen) atoms. The topological polar surface area (TPSA) is 70.5 Å². The Labute approximate surface area is 142 Å². The van der Waals surface area contributed by atoms with Crippen LogP contribution in [0.2, 0.25) is 0 Å². The van der Waals surface area contributed by atoms with E-state index in [4.69, 9.17) is 4.74 Å². The van der Waals surface area contributed by atoms with Crippen LogP contribution >= 0.6 is 0 Å². The Morgan fingerprint density at radius 2 is 1.92 bits per heavy atom. The van der Waals surface area contributed by atoms with E-state index in [1.165, 1.54) is 0 Å². The van der Waals surface area contributed by atoms with Gasteiger partial charge in [0.25, 0.3) is 0 Å². The lowest BCUT2D eigenvalue weighted by Crippen LogP contribution is -2.37. The molecule has 0 radical (unpaired) electrons. The molecule has 1 saturated heterocycles. The number of nitrogens with zero attached hydrogens (tertiary/aromatic N) is 3. The highest BCUT2D eigenvalue weighted by Gasteiger charge is 2.12. The van der Waals surface area contributed by atoms with Gasteiger partial charge in [0.2, 0.25) is 0 Å². The molecule has 0 unspecified atom stereocenters. The largest absolute Gasteiger partial charge is 0.392 e. The fraction of sp³-hybridized carbons (Fsp3) is 0.444. The third kappa shape index (κ3) is 4.29. The molecule has 0 amide bonds. The molecule has 2 aromatic rings. The summed E-state index contributed by atoms with van der Waals surface area (Å²) in [7, 11) is 0. The first-order valence-corrected chi connectivity index (χ1v) is 8.42. The third-order valence-corrected chi connectivity index (χ3v) is 4.19. The minimum absolute atomic E-state index is 0.0107. The number of benzene rings is 1. The number of anilines is 1. The first-order chi connectivity index (χ1) is 11.9. The van der Waals surface area contributed by atoms with E-state index in [-0.39, 0.29) is 6.61 Å². The average Bonchev–Trinajstić information content (AvgIpc) is 2.66. The monoisotopic (exact) mass is 328 g/mol. The Bertz CT molecular complexity index is 644. The van der Waals surface area contributed by atoms with E-state index in [0.29, 0.717) is 0 Å². The summed E-state index contributed by atoms with van der Waals surface area (Å²) in [5, 5.41) is 12.9. The van der Waals surface area contributed by atoms with Crippen LogP contribution in [0.4, 0.5) is 5.82 Å². The van der Waals surface area contributed by atoms with Crippen molar-refractivity contribution in [3.05, 3.63) is 42.2 Å². The van der Waals surface area contributed by atoms with Crippen molar-refractivity contribution >= 4 is 5.82 Å². The number of aliphatic hydroxyl groups excluding tert-OH is 1. The number of hydrogen-bond acceptors (Lipinski definition) is 6. The second-order valence-electron chi connectivity index (χ2n) is 5.80. The highest BCUT2D eigenvalue weighted by atomic mass is 16.5. The quantitative estimate of drug-likeness (QED) is 0.755. The van der Waals surface area contributed by atoms with Crippen molar-refractivity contribution in [1.29, 1.82) is 0 Å². The number of nitrogens with one attached hydrogen (secondary N) is 1. The van der Waals surface area contributed by atoms with Crippen molar-refractivity contribution < 1.29 is 9.84 Å². The standard InChI is InChI=1S/C18H24N4O2/c23-14-15-4-1-2-5-16(15)17-18(21-8-7-19-17)20-6-3-9-22-10-12-24-13-11-22/h1-2,4-5,7-8,23H,3,6,9-14H2,(H,20,21). The van der Waals surface area contributed by atoms with Crippen molar-refractivity contribution in [1.82, 2.24) is 14.9 Å². The van der Waals surface area contributed by atoms with Crippen molar-refractivity contribution in [3.8, 4) is 11.3 Å². The Morgan fingerprint density at radius 1 is 1.12 bits per heavy atom. The molecule has 0 bridgehead atoms. The number of aliphatic hydroxyl groups is 1. The van der Waals surface area contributed by atoms with Gasteiger partial charge in [0, 0.05) is 37.6 Å². The third-order valence-electron chi connectivity index (χ3n) is 4.19. The molecule has 1 fully saturated rings. The Balaban J connectivity index is 1.62. The van der Waals surface area contributed by atoms with Crippen molar-refractivity contribution in [3.63, 3.8) is 0 Å². The maximum absolute atomic E-state index is 9.54. The minimum atomic E-state index is -0.0107. The van der Waals surface area contributed by atoms with Gasteiger partial charge < -0.3 is 15.2 Å². The van der Waals surface area contributed by atoms with Gasteiger partial charge in [0.15, 0.2) is 5.82 Å². The predicted molar refractivity (Wildman–Crippen MR) is 93.8 cm³/mol. The van der Waals surface area contributed by atoms with Crippen LogP contribution in [-0.2, 0) is 11.3 Å². The van der Waals surface area contributed by atoms with Crippen LogP contribution in [0, 0.1) is 0 Å². The molecule has 6 heteroatoms. The first kappa shape index (κ1) is 16.8. The minimum Gasteiger partial charge on any atom is -0.392 e. The lowest BCUT2D eigenvalue weighted by Gasteiger charge is -2.26. The van der Waals surface area contributed by atoms with Crippen LogP contribution in [0.15, 0.2) is 36.7 Å². The van der Waals surface area contributed by atoms with Crippen LogP contribution in [0.1, 0.15) is 12.0 Å². The van der Waals surface area contributed by atoms with E-state index in [2.05, 4.69) is 20.2 Å². The maximum Gasteiger partial charge on any atom is 0.152 e. The molecule has 1 aromatic carbocycles. The molecule has 1 aliphatic rings. The molecule has 0 spiro atoms. The second-order valence-corrected chi connectivity index (χ2v) is 5.80. The summed E-state index contributed by atoms with van der Waals surface area (Å²) in [6, 6.07) is 7.74. The second kappa shape index (κ2) is 8.73. The Hall–Kier alpha value is -2.02. The molecule has 0 atom stereocenters. The van der Waals surface area contributed by atoms with E-state index in [1.807, 2.05) is 24.3 Å². The van der Waals surface area contributed by atoms with Crippen molar-refractivity contribution in [2.75, 3.05) is 44.7 Å². The summed E-state index contributed by atoms with van der Waals surface area (Å²) in [4.78, 5) is 11.3. The molecular weight excluding hydrogens is 304 g/mol. The zero-order valence-electron chi connectivity index (χ0n) is 13.8. The molecule has 128 valence electrons. The predicted octanol–water partition coefficient (Wildman–Crippen LogP) is 1.77. The summed E-state index contributed by atoms with van der Waals surface area (Å²) in [5.74, 6) is 0.764. The number of ether oxygens (including phenoxy) is 1. The lowest BCUT2D eigenvalue weighted by atomic mass is 10.0. The van der Waals surface area contributed by atoms with Gasteiger partial charge in [0.05, 0.1) is 19.8 Å². The molecule has 1 aromatic heterocycles. The molecule has 1 aliphatic heterocycles. The van der Waals surface area contributed by atoms with Gasteiger partial charge in [-0.1, -0.05) is 24.3 Å². The van der Waals surface area contributed by atoms with Crippen LogP contribution in [-0.4, -0.2) is 59.4 Å². The SMILES string of the molecule is OCc1ccccc1-c1nccnc1NCCCN1CCOCC1. The molecule has 2 N–H and O–H groups in total. The number of hydrogen-bond donors (Lipinski definition) is 2. The van der Waals surface area contributed by atoms with E-state index >= 15 is 0 Å². The smallest absolute Gasteiger partial charge is 0.152 e. The molecule has 0 aliphatic carbocycles. The molecular formula is C18H24N4O2.